The molecule has 0 atom stereocenters. The lowest BCUT2D eigenvalue weighted by Gasteiger charge is -2.14. The Morgan fingerprint density at radius 1 is 0.806 bits per heavy atom. The standard InChI is InChI=1S/C26H21NO4/c1-17-10-11-20(24-9-6-14-31-24)15-22(17)25(28)27-23-16-19(18-7-4-3-5-8-18)12-13-21(23)26(29)30-2/h3-16H,1-2H3,(H,27,28). The Labute approximate surface area is 180 Å². The number of rotatable bonds is 5. The molecule has 0 fully saturated rings. The number of anilines is 1. The van der Waals surface area contributed by atoms with Crippen molar-refractivity contribution in [1.29, 1.82) is 0 Å². The maximum atomic E-state index is 13.2. The maximum Gasteiger partial charge on any atom is 0.339 e. The second-order valence-corrected chi connectivity index (χ2v) is 7.08. The Hall–Kier alpha value is -4.12. The van der Waals surface area contributed by atoms with Crippen LogP contribution in [0.2, 0.25) is 0 Å². The lowest BCUT2D eigenvalue weighted by molar-refractivity contribution is 0.0602. The molecule has 0 aliphatic rings. The van der Waals surface area contributed by atoms with E-state index >= 15 is 0 Å². The van der Waals surface area contributed by atoms with Gasteiger partial charge in [-0.15, -0.1) is 0 Å². The Balaban J connectivity index is 1.72. The molecule has 3 aromatic carbocycles. The SMILES string of the molecule is COC(=O)c1ccc(-c2ccccc2)cc1NC(=O)c1cc(-c2ccco2)ccc1C. The van der Waals surface area contributed by atoms with Gasteiger partial charge in [0.15, 0.2) is 0 Å². The summed E-state index contributed by atoms with van der Waals surface area (Å²) in [5, 5.41) is 2.90. The van der Waals surface area contributed by atoms with E-state index in [0.717, 1.165) is 22.3 Å². The Bertz CT molecular complexity index is 1230. The molecule has 154 valence electrons. The third kappa shape index (κ3) is 4.26. The number of methoxy groups -OCH3 is 1. The van der Waals surface area contributed by atoms with Crippen molar-refractivity contribution in [3.05, 3.63) is 102 Å². The number of nitrogens with one attached hydrogen (secondary N) is 1. The van der Waals surface area contributed by atoms with E-state index in [1.165, 1.54) is 7.11 Å². The first kappa shape index (κ1) is 20.2. The van der Waals surface area contributed by atoms with Crippen molar-refractivity contribution in [2.75, 3.05) is 12.4 Å². The largest absolute Gasteiger partial charge is 0.465 e. The number of carbonyl (C=O) groups is 2. The zero-order valence-electron chi connectivity index (χ0n) is 17.2. The quantitative estimate of drug-likeness (QED) is 0.411. The van der Waals surface area contributed by atoms with Crippen molar-refractivity contribution in [3.63, 3.8) is 0 Å². The van der Waals surface area contributed by atoms with Gasteiger partial charge in [0.25, 0.3) is 5.91 Å². The number of furan rings is 1. The van der Waals surface area contributed by atoms with Crippen LogP contribution in [-0.2, 0) is 4.74 Å². The maximum absolute atomic E-state index is 13.2. The Morgan fingerprint density at radius 2 is 1.58 bits per heavy atom. The zero-order chi connectivity index (χ0) is 21.8. The number of amides is 1. The molecule has 4 rings (SSSR count). The molecule has 1 heterocycles. The molecule has 0 unspecified atom stereocenters. The minimum atomic E-state index is -0.518. The lowest BCUT2D eigenvalue weighted by atomic mass is 10.0. The van der Waals surface area contributed by atoms with Gasteiger partial charge < -0.3 is 14.5 Å². The first-order valence-corrected chi connectivity index (χ1v) is 9.80. The predicted octanol–water partition coefficient (Wildman–Crippen LogP) is 5.96. The van der Waals surface area contributed by atoms with Crippen molar-refractivity contribution in [1.82, 2.24) is 0 Å². The highest BCUT2D eigenvalue weighted by Gasteiger charge is 2.18. The minimum Gasteiger partial charge on any atom is -0.465 e. The molecule has 1 amide bonds. The van der Waals surface area contributed by atoms with Crippen LogP contribution in [0.15, 0.2) is 89.5 Å². The minimum absolute atomic E-state index is 0.287. The van der Waals surface area contributed by atoms with E-state index in [-0.39, 0.29) is 11.5 Å². The zero-order valence-corrected chi connectivity index (χ0v) is 17.2. The number of hydrogen-bond acceptors (Lipinski definition) is 4. The van der Waals surface area contributed by atoms with Crippen LogP contribution in [0, 0.1) is 6.92 Å². The van der Waals surface area contributed by atoms with Gasteiger partial charge in [-0.05, 0) is 53.9 Å². The molecule has 0 spiro atoms. The van der Waals surface area contributed by atoms with Crippen molar-refractivity contribution >= 4 is 17.6 Å². The van der Waals surface area contributed by atoms with Gasteiger partial charge in [0.05, 0.1) is 24.6 Å². The van der Waals surface area contributed by atoms with Gasteiger partial charge in [-0.2, -0.15) is 0 Å². The van der Waals surface area contributed by atoms with Crippen LogP contribution >= 0.6 is 0 Å². The number of carbonyl (C=O) groups excluding carboxylic acids is 2. The number of hydrogen-bond donors (Lipinski definition) is 1. The van der Waals surface area contributed by atoms with Gasteiger partial charge in [-0.25, -0.2) is 4.79 Å². The fourth-order valence-corrected chi connectivity index (χ4v) is 3.40. The van der Waals surface area contributed by atoms with E-state index in [1.54, 1.807) is 30.5 Å². The van der Waals surface area contributed by atoms with Gasteiger partial charge in [0, 0.05) is 11.1 Å². The second-order valence-electron chi connectivity index (χ2n) is 7.08. The molecule has 0 saturated heterocycles. The first-order chi connectivity index (χ1) is 15.1. The molecule has 5 nitrogen and oxygen atoms in total. The third-order valence-corrected chi connectivity index (χ3v) is 5.07. The molecule has 31 heavy (non-hydrogen) atoms. The summed E-state index contributed by atoms with van der Waals surface area (Å²) in [6.45, 7) is 1.86. The van der Waals surface area contributed by atoms with Crippen LogP contribution < -0.4 is 5.32 Å². The van der Waals surface area contributed by atoms with E-state index < -0.39 is 5.97 Å². The molecule has 0 radical (unpaired) electrons. The average Bonchev–Trinajstić information content (AvgIpc) is 3.34. The highest BCUT2D eigenvalue weighted by atomic mass is 16.5. The number of ether oxygens (including phenoxy) is 1. The van der Waals surface area contributed by atoms with Crippen LogP contribution in [0.5, 0.6) is 0 Å². The number of aryl methyl sites for hydroxylation is 1. The van der Waals surface area contributed by atoms with Crippen LogP contribution in [0.3, 0.4) is 0 Å². The van der Waals surface area contributed by atoms with Crippen molar-refractivity contribution < 1.29 is 18.7 Å². The van der Waals surface area contributed by atoms with Crippen LogP contribution in [0.25, 0.3) is 22.5 Å². The van der Waals surface area contributed by atoms with E-state index in [4.69, 9.17) is 9.15 Å². The summed E-state index contributed by atoms with van der Waals surface area (Å²) in [5.74, 6) is -0.160. The summed E-state index contributed by atoms with van der Waals surface area (Å²) in [6, 6.07) is 24.2. The fraction of sp³-hybridized carbons (Fsp3) is 0.0769. The van der Waals surface area contributed by atoms with Crippen LogP contribution in [0.1, 0.15) is 26.3 Å². The molecular formula is C26H21NO4. The Morgan fingerprint density at radius 3 is 2.29 bits per heavy atom. The van der Waals surface area contributed by atoms with E-state index in [1.807, 2.05) is 61.5 Å². The average molecular weight is 411 g/mol. The van der Waals surface area contributed by atoms with E-state index in [0.29, 0.717) is 17.0 Å². The molecule has 0 bridgehead atoms. The highest BCUT2D eigenvalue weighted by Crippen LogP contribution is 2.28. The molecule has 1 N–H and O–H groups in total. The molecular weight excluding hydrogens is 390 g/mol. The Kier molecular flexibility index (Phi) is 5.67. The summed E-state index contributed by atoms with van der Waals surface area (Å²) in [5.41, 5.74) is 4.64. The smallest absolute Gasteiger partial charge is 0.339 e. The fourth-order valence-electron chi connectivity index (χ4n) is 3.40. The topological polar surface area (TPSA) is 68.5 Å². The summed E-state index contributed by atoms with van der Waals surface area (Å²) >= 11 is 0. The van der Waals surface area contributed by atoms with Gasteiger partial charge in [-0.3, -0.25) is 4.79 Å². The van der Waals surface area contributed by atoms with Crippen LogP contribution in [0.4, 0.5) is 5.69 Å². The van der Waals surface area contributed by atoms with Gasteiger partial charge in [-0.1, -0.05) is 48.5 Å². The normalized spacial score (nSPS) is 10.5. The lowest BCUT2D eigenvalue weighted by Crippen LogP contribution is -2.16. The summed E-state index contributed by atoms with van der Waals surface area (Å²) in [7, 11) is 1.32. The molecule has 1 aromatic heterocycles. The van der Waals surface area contributed by atoms with Crippen LogP contribution in [-0.4, -0.2) is 19.0 Å². The first-order valence-electron chi connectivity index (χ1n) is 9.80. The summed E-state index contributed by atoms with van der Waals surface area (Å²) < 4.78 is 10.3. The molecule has 4 aromatic rings. The van der Waals surface area contributed by atoms with Gasteiger partial charge in [0.1, 0.15) is 5.76 Å². The highest BCUT2D eigenvalue weighted by molar-refractivity contribution is 6.09. The molecule has 0 aliphatic carbocycles. The molecule has 0 aliphatic heterocycles. The van der Waals surface area contributed by atoms with E-state index in [9.17, 15) is 9.59 Å². The third-order valence-electron chi connectivity index (χ3n) is 5.07. The molecule has 5 heteroatoms. The second kappa shape index (κ2) is 8.71. The summed E-state index contributed by atoms with van der Waals surface area (Å²) in [6.07, 6.45) is 1.59. The van der Waals surface area contributed by atoms with E-state index in [2.05, 4.69) is 5.32 Å². The van der Waals surface area contributed by atoms with Gasteiger partial charge in [0.2, 0.25) is 0 Å². The summed E-state index contributed by atoms with van der Waals surface area (Å²) in [4.78, 5) is 25.5. The van der Waals surface area contributed by atoms with Crippen molar-refractivity contribution in [2.24, 2.45) is 0 Å². The van der Waals surface area contributed by atoms with Crippen molar-refractivity contribution in [2.45, 2.75) is 6.92 Å². The van der Waals surface area contributed by atoms with Crippen molar-refractivity contribution in [3.8, 4) is 22.5 Å². The van der Waals surface area contributed by atoms with Gasteiger partial charge >= 0.3 is 5.97 Å². The monoisotopic (exact) mass is 411 g/mol. The predicted molar refractivity (Wildman–Crippen MR) is 120 cm³/mol. The molecule has 0 saturated carbocycles. The number of benzene rings is 3. The number of esters is 1.